The van der Waals surface area contributed by atoms with E-state index in [9.17, 15) is 4.79 Å². The summed E-state index contributed by atoms with van der Waals surface area (Å²) in [5.74, 6) is -0.0369. The molecule has 0 bridgehead atoms. The van der Waals surface area contributed by atoms with Crippen molar-refractivity contribution >= 4 is 22.9 Å². The van der Waals surface area contributed by atoms with Crippen molar-refractivity contribution in [3.8, 4) is 0 Å². The van der Waals surface area contributed by atoms with Crippen molar-refractivity contribution in [2.45, 2.75) is 26.7 Å². The van der Waals surface area contributed by atoms with Gasteiger partial charge in [-0.05, 0) is 31.0 Å². The van der Waals surface area contributed by atoms with Gasteiger partial charge in [0.1, 0.15) is 0 Å². The molecular weight excluding hydrogens is 282 g/mol. The van der Waals surface area contributed by atoms with E-state index in [1.54, 1.807) is 17.5 Å². The van der Waals surface area contributed by atoms with Gasteiger partial charge in [-0.2, -0.15) is 0 Å². The number of hydrogen-bond acceptors (Lipinski definition) is 4. The van der Waals surface area contributed by atoms with Gasteiger partial charge in [0.2, 0.25) is 0 Å². The van der Waals surface area contributed by atoms with Crippen LogP contribution in [0.25, 0.3) is 0 Å². The topological polar surface area (TPSA) is 54.0 Å². The van der Waals surface area contributed by atoms with Gasteiger partial charge in [-0.3, -0.25) is 4.79 Å². The van der Waals surface area contributed by atoms with Crippen LogP contribution in [0.15, 0.2) is 29.8 Å². The number of thiazole rings is 1. The van der Waals surface area contributed by atoms with E-state index in [0.717, 1.165) is 35.6 Å². The minimum Gasteiger partial charge on any atom is -0.384 e. The van der Waals surface area contributed by atoms with Crippen LogP contribution in [0.1, 0.15) is 34.3 Å². The van der Waals surface area contributed by atoms with Gasteiger partial charge in [-0.1, -0.05) is 13.0 Å². The molecule has 2 N–H and O–H groups in total. The first-order valence-electron chi connectivity index (χ1n) is 7.21. The van der Waals surface area contributed by atoms with E-state index in [1.807, 2.05) is 30.5 Å². The number of nitrogens with one attached hydrogen (secondary N) is 2. The minimum atomic E-state index is -0.0369. The molecule has 0 unspecified atom stereocenters. The van der Waals surface area contributed by atoms with E-state index >= 15 is 0 Å². The molecule has 4 nitrogen and oxygen atoms in total. The normalized spacial score (nSPS) is 10.4. The van der Waals surface area contributed by atoms with Crippen LogP contribution < -0.4 is 10.6 Å². The van der Waals surface area contributed by atoms with Crippen molar-refractivity contribution in [3.05, 3.63) is 45.9 Å². The SMILES string of the molecule is CCCNc1cc(C)ccc1C(=O)NCCc1nccs1. The van der Waals surface area contributed by atoms with E-state index in [4.69, 9.17) is 0 Å². The van der Waals surface area contributed by atoms with Crippen molar-refractivity contribution < 1.29 is 4.79 Å². The summed E-state index contributed by atoms with van der Waals surface area (Å²) in [7, 11) is 0. The molecule has 0 aliphatic heterocycles. The number of aryl methyl sites for hydroxylation is 1. The highest BCUT2D eigenvalue weighted by molar-refractivity contribution is 7.09. The summed E-state index contributed by atoms with van der Waals surface area (Å²) in [6.07, 6.45) is 3.58. The zero-order valence-electron chi connectivity index (χ0n) is 12.5. The summed E-state index contributed by atoms with van der Waals surface area (Å²) in [5, 5.41) is 9.27. The van der Waals surface area contributed by atoms with Gasteiger partial charge in [0.05, 0.1) is 10.6 Å². The Balaban J connectivity index is 1.97. The van der Waals surface area contributed by atoms with Gasteiger partial charge in [0.15, 0.2) is 0 Å². The number of anilines is 1. The molecule has 0 aliphatic rings. The van der Waals surface area contributed by atoms with Gasteiger partial charge in [-0.15, -0.1) is 11.3 Å². The summed E-state index contributed by atoms with van der Waals surface area (Å²) in [5.41, 5.74) is 2.75. The zero-order valence-corrected chi connectivity index (χ0v) is 13.3. The largest absolute Gasteiger partial charge is 0.384 e. The second-order valence-corrected chi connectivity index (χ2v) is 5.89. The maximum absolute atomic E-state index is 12.3. The third-order valence-corrected chi connectivity index (χ3v) is 3.93. The van der Waals surface area contributed by atoms with Gasteiger partial charge in [0, 0.05) is 36.8 Å². The quantitative estimate of drug-likeness (QED) is 0.825. The summed E-state index contributed by atoms with van der Waals surface area (Å²) in [6, 6.07) is 5.87. The van der Waals surface area contributed by atoms with Crippen LogP contribution >= 0.6 is 11.3 Å². The fourth-order valence-electron chi connectivity index (χ4n) is 2.02. The number of nitrogens with zero attached hydrogens (tertiary/aromatic N) is 1. The molecule has 0 saturated heterocycles. The maximum atomic E-state index is 12.3. The Morgan fingerprint density at radius 2 is 2.19 bits per heavy atom. The predicted octanol–water partition coefficient (Wildman–Crippen LogP) is 3.25. The Morgan fingerprint density at radius 1 is 1.33 bits per heavy atom. The van der Waals surface area contributed by atoms with Crippen LogP contribution in [-0.2, 0) is 6.42 Å². The van der Waals surface area contributed by atoms with Crippen molar-refractivity contribution in [1.82, 2.24) is 10.3 Å². The first-order chi connectivity index (χ1) is 10.2. The smallest absolute Gasteiger partial charge is 0.253 e. The van der Waals surface area contributed by atoms with Gasteiger partial charge < -0.3 is 10.6 Å². The highest BCUT2D eigenvalue weighted by Gasteiger charge is 2.11. The number of carbonyl (C=O) groups is 1. The molecule has 1 aromatic carbocycles. The molecule has 0 aliphatic carbocycles. The summed E-state index contributed by atoms with van der Waals surface area (Å²) >= 11 is 1.61. The lowest BCUT2D eigenvalue weighted by Crippen LogP contribution is -2.26. The van der Waals surface area contributed by atoms with E-state index in [-0.39, 0.29) is 5.91 Å². The van der Waals surface area contributed by atoms with Crippen molar-refractivity contribution in [2.24, 2.45) is 0 Å². The summed E-state index contributed by atoms with van der Waals surface area (Å²) in [4.78, 5) is 16.5. The van der Waals surface area contributed by atoms with E-state index in [2.05, 4.69) is 22.5 Å². The predicted molar refractivity (Wildman–Crippen MR) is 88.1 cm³/mol. The monoisotopic (exact) mass is 303 g/mol. The molecule has 0 fully saturated rings. The first kappa shape index (κ1) is 15.5. The van der Waals surface area contributed by atoms with E-state index in [1.165, 1.54) is 0 Å². The number of aromatic nitrogens is 1. The molecule has 5 heteroatoms. The lowest BCUT2D eigenvalue weighted by atomic mass is 10.1. The third-order valence-electron chi connectivity index (χ3n) is 3.09. The number of amides is 1. The molecule has 0 radical (unpaired) electrons. The van der Waals surface area contributed by atoms with Gasteiger partial charge in [-0.25, -0.2) is 4.98 Å². The zero-order chi connectivity index (χ0) is 15.1. The maximum Gasteiger partial charge on any atom is 0.253 e. The van der Waals surface area contributed by atoms with Crippen LogP contribution in [0.5, 0.6) is 0 Å². The molecule has 112 valence electrons. The molecule has 0 atom stereocenters. The minimum absolute atomic E-state index is 0.0369. The van der Waals surface area contributed by atoms with E-state index < -0.39 is 0 Å². The Hall–Kier alpha value is -1.88. The van der Waals surface area contributed by atoms with Crippen molar-refractivity contribution in [2.75, 3.05) is 18.4 Å². The van der Waals surface area contributed by atoms with Crippen LogP contribution in [0.2, 0.25) is 0 Å². The van der Waals surface area contributed by atoms with Crippen LogP contribution in [0.4, 0.5) is 5.69 Å². The molecule has 0 saturated carbocycles. The highest BCUT2D eigenvalue weighted by atomic mass is 32.1. The molecule has 2 rings (SSSR count). The van der Waals surface area contributed by atoms with Crippen molar-refractivity contribution in [1.29, 1.82) is 0 Å². The number of benzene rings is 1. The Bertz CT molecular complexity index is 581. The van der Waals surface area contributed by atoms with Crippen LogP contribution in [0.3, 0.4) is 0 Å². The fraction of sp³-hybridized carbons (Fsp3) is 0.375. The van der Waals surface area contributed by atoms with E-state index in [0.29, 0.717) is 12.1 Å². The van der Waals surface area contributed by atoms with Crippen LogP contribution in [-0.4, -0.2) is 24.0 Å². The highest BCUT2D eigenvalue weighted by Crippen LogP contribution is 2.17. The summed E-state index contributed by atoms with van der Waals surface area (Å²) in [6.45, 7) is 5.61. The molecule has 1 aromatic heterocycles. The second-order valence-electron chi connectivity index (χ2n) is 4.91. The molecule has 1 amide bonds. The lowest BCUT2D eigenvalue weighted by molar-refractivity contribution is 0.0955. The van der Waals surface area contributed by atoms with Gasteiger partial charge in [0.25, 0.3) is 5.91 Å². The Labute approximate surface area is 129 Å². The molecular formula is C16H21N3OS. The molecule has 21 heavy (non-hydrogen) atoms. The number of rotatable bonds is 7. The first-order valence-corrected chi connectivity index (χ1v) is 8.09. The fourth-order valence-corrected chi connectivity index (χ4v) is 2.64. The third kappa shape index (κ3) is 4.56. The average Bonchev–Trinajstić information content (AvgIpc) is 2.98. The summed E-state index contributed by atoms with van der Waals surface area (Å²) < 4.78 is 0. The Kier molecular flexibility index (Phi) is 5.75. The van der Waals surface area contributed by atoms with Gasteiger partial charge >= 0.3 is 0 Å². The molecule has 1 heterocycles. The number of hydrogen-bond donors (Lipinski definition) is 2. The average molecular weight is 303 g/mol. The Morgan fingerprint density at radius 3 is 2.90 bits per heavy atom. The van der Waals surface area contributed by atoms with Crippen molar-refractivity contribution in [3.63, 3.8) is 0 Å². The second kappa shape index (κ2) is 7.78. The standard InChI is InChI=1S/C16H21N3OS/c1-3-7-17-14-11-12(2)4-5-13(14)16(20)19-8-6-15-18-9-10-21-15/h4-5,9-11,17H,3,6-8H2,1-2H3,(H,19,20). The molecule has 2 aromatic rings. The number of carbonyl (C=O) groups excluding carboxylic acids is 1. The lowest BCUT2D eigenvalue weighted by Gasteiger charge is -2.12. The molecule has 0 spiro atoms. The van der Waals surface area contributed by atoms with Crippen LogP contribution in [0, 0.1) is 6.92 Å².